The fourth-order valence-electron chi connectivity index (χ4n) is 1.76. The Kier molecular flexibility index (Phi) is 5.37. The van der Waals surface area contributed by atoms with Crippen LogP contribution in [-0.2, 0) is 0 Å². The fraction of sp³-hybridized carbons (Fsp3) is 0.286. The molecular formula is C14H9ClN4. The van der Waals surface area contributed by atoms with Gasteiger partial charge in [-0.3, -0.25) is 0 Å². The molecule has 5 heteroatoms. The van der Waals surface area contributed by atoms with Crippen LogP contribution in [0.25, 0.3) is 0 Å². The normalized spacial score (nSPS) is 16.2. The molecule has 0 aromatic heterocycles. The number of hydrogen-bond donors (Lipinski definition) is 0. The second-order valence-corrected chi connectivity index (χ2v) is 4.28. The van der Waals surface area contributed by atoms with Crippen molar-refractivity contribution in [3.05, 3.63) is 33.9 Å². The number of allylic oxidation sites excluding steroid dienone is 6. The predicted molar refractivity (Wildman–Crippen MR) is 68.8 cm³/mol. The first-order chi connectivity index (χ1) is 9.15. The topological polar surface area (TPSA) is 95.2 Å². The van der Waals surface area contributed by atoms with Crippen molar-refractivity contribution >= 4 is 11.6 Å². The Morgan fingerprint density at radius 1 is 1.11 bits per heavy atom. The Bertz CT molecular complexity index is 596. The number of halogens is 1. The molecule has 92 valence electrons. The molecule has 1 aliphatic carbocycles. The lowest BCUT2D eigenvalue weighted by molar-refractivity contribution is 0.785. The smallest absolute Gasteiger partial charge is 0.152 e. The third-order valence-corrected chi connectivity index (χ3v) is 3.15. The van der Waals surface area contributed by atoms with E-state index in [-0.39, 0.29) is 5.57 Å². The van der Waals surface area contributed by atoms with Crippen LogP contribution in [0.2, 0.25) is 0 Å². The lowest BCUT2D eigenvalue weighted by Crippen LogP contribution is -2.01. The van der Waals surface area contributed by atoms with Gasteiger partial charge in [0.25, 0.3) is 0 Å². The van der Waals surface area contributed by atoms with Crippen LogP contribution in [0.3, 0.4) is 0 Å². The molecule has 0 aromatic carbocycles. The SMILES string of the molecule is N#CC(C#N)=CC1=C(Cl)C(=CC(C#N)C#N)CCC1. The van der Waals surface area contributed by atoms with E-state index in [1.807, 2.05) is 12.1 Å². The molecule has 4 nitrogen and oxygen atoms in total. The Hall–Kier alpha value is -2.53. The van der Waals surface area contributed by atoms with E-state index in [9.17, 15) is 0 Å². The largest absolute Gasteiger partial charge is 0.197 e. The Morgan fingerprint density at radius 3 is 2.26 bits per heavy atom. The highest BCUT2D eigenvalue weighted by Crippen LogP contribution is 2.34. The van der Waals surface area contributed by atoms with Crippen molar-refractivity contribution in [3.63, 3.8) is 0 Å². The average Bonchev–Trinajstić information content (AvgIpc) is 2.45. The fourth-order valence-corrected chi connectivity index (χ4v) is 2.06. The van der Waals surface area contributed by atoms with E-state index in [0.717, 1.165) is 12.0 Å². The molecule has 0 unspecified atom stereocenters. The molecule has 0 bridgehead atoms. The molecule has 0 saturated heterocycles. The zero-order chi connectivity index (χ0) is 14.3. The molecule has 19 heavy (non-hydrogen) atoms. The van der Waals surface area contributed by atoms with Crippen LogP contribution >= 0.6 is 11.6 Å². The van der Waals surface area contributed by atoms with Crippen LogP contribution in [0.15, 0.2) is 33.9 Å². The van der Waals surface area contributed by atoms with Crippen LogP contribution in [-0.4, -0.2) is 0 Å². The second kappa shape index (κ2) is 7.03. The molecule has 0 heterocycles. The van der Waals surface area contributed by atoms with Gasteiger partial charge in [0.05, 0.1) is 12.1 Å². The van der Waals surface area contributed by atoms with Crippen molar-refractivity contribution < 1.29 is 0 Å². The minimum atomic E-state index is -0.835. The van der Waals surface area contributed by atoms with Gasteiger partial charge in [-0.2, -0.15) is 21.0 Å². The van der Waals surface area contributed by atoms with Gasteiger partial charge in [0.15, 0.2) is 5.92 Å². The average molecular weight is 269 g/mol. The van der Waals surface area contributed by atoms with E-state index >= 15 is 0 Å². The summed E-state index contributed by atoms with van der Waals surface area (Å²) in [5.74, 6) is -0.835. The Labute approximate surface area is 116 Å². The molecule has 1 rings (SSSR count). The maximum Gasteiger partial charge on any atom is 0.152 e. The lowest BCUT2D eigenvalue weighted by Gasteiger charge is -2.17. The molecule has 0 fully saturated rings. The van der Waals surface area contributed by atoms with E-state index in [4.69, 9.17) is 32.6 Å². The van der Waals surface area contributed by atoms with Gasteiger partial charge in [-0.15, -0.1) is 0 Å². The molecule has 0 saturated carbocycles. The van der Waals surface area contributed by atoms with Gasteiger partial charge in [0.1, 0.15) is 17.7 Å². The molecule has 0 amide bonds. The third kappa shape index (κ3) is 3.72. The summed E-state index contributed by atoms with van der Waals surface area (Å²) in [4.78, 5) is 0. The van der Waals surface area contributed by atoms with E-state index in [2.05, 4.69) is 0 Å². The van der Waals surface area contributed by atoms with E-state index in [1.165, 1.54) is 12.2 Å². The summed E-state index contributed by atoms with van der Waals surface area (Å²) in [5, 5.41) is 35.4. The first-order valence-corrected chi connectivity index (χ1v) is 5.95. The molecule has 1 aliphatic rings. The third-order valence-electron chi connectivity index (χ3n) is 2.66. The summed E-state index contributed by atoms with van der Waals surface area (Å²) in [6, 6.07) is 7.28. The maximum atomic E-state index is 8.76. The predicted octanol–water partition coefficient (Wildman–Crippen LogP) is 3.23. The standard InChI is InChI=1S/C14H9ClN4/c15-14-12(4-10(6-16)7-17)2-1-3-13(14)5-11(8-18)9-19/h4-5,10H,1-3H2. The van der Waals surface area contributed by atoms with Crippen LogP contribution in [0, 0.1) is 51.2 Å². The van der Waals surface area contributed by atoms with Gasteiger partial charge in [0.2, 0.25) is 0 Å². The van der Waals surface area contributed by atoms with Gasteiger partial charge in [0, 0.05) is 5.03 Å². The molecule has 0 spiro atoms. The maximum absolute atomic E-state index is 8.76. The van der Waals surface area contributed by atoms with Crippen LogP contribution < -0.4 is 0 Å². The lowest BCUT2D eigenvalue weighted by atomic mass is 9.92. The summed E-state index contributed by atoms with van der Waals surface area (Å²) in [7, 11) is 0. The van der Waals surface area contributed by atoms with E-state index in [0.29, 0.717) is 23.4 Å². The van der Waals surface area contributed by atoms with Crippen molar-refractivity contribution in [2.45, 2.75) is 19.3 Å². The molecule has 0 N–H and O–H groups in total. The monoisotopic (exact) mass is 268 g/mol. The number of hydrogen-bond acceptors (Lipinski definition) is 4. The van der Waals surface area contributed by atoms with Crippen LogP contribution in [0.5, 0.6) is 0 Å². The first-order valence-electron chi connectivity index (χ1n) is 5.57. The van der Waals surface area contributed by atoms with Gasteiger partial charge in [-0.05, 0) is 42.6 Å². The molecular weight excluding hydrogens is 260 g/mol. The van der Waals surface area contributed by atoms with Crippen molar-refractivity contribution in [1.82, 2.24) is 0 Å². The molecule has 0 atom stereocenters. The van der Waals surface area contributed by atoms with Crippen molar-refractivity contribution in [1.29, 1.82) is 21.0 Å². The molecule has 0 aliphatic heterocycles. The minimum absolute atomic E-state index is 0.00786. The zero-order valence-electron chi connectivity index (χ0n) is 10.0. The summed E-state index contributed by atoms with van der Waals surface area (Å²) in [5.41, 5.74) is 1.42. The number of rotatable bonds is 2. The Morgan fingerprint density at radius 2 is 1.74 bits per heavy atom. The van der Waals surface area contributed by atoms with Gasteiger partial charge < -0.3 is 0 Å². The number of nitriles is 4. The first kappa shape index (κ1) is 14.5. The van der Waals surface area contributed by atoms with Gasteiger partial charge in [-0.25, -0.2) is 0 Å². The summed E-state index contributed by atoms with van der Waals surface area (Å²) in [6.45, 7) is 0. The van der Waals surface area contributed by atoms with Crippen molar-refractivity contribution in [3.8, 4) is 24.3 Å². The van der Waals surface area contributed by atoms with Gasteiger partial charge >= 0.3 is 0 Å². The minimum Gasteiger partial charge on any atom is -0.197 e. The summed E-state index contributed by atoms with van der Waals surface area (Å²) in [6.07, 6.45) is 5.16. The van der Waals surface area contributed by atoms with E-state index in [1.54, 1.807) is 12.1 Å². The summed E-state index contributed by atoms with van der Waals surface area (Å²) >= 11 is 6.19. The highest BCUT2D eigenvalue weighted by molar-refractivity contribution is 6.32. The van der Waals surface area contributed by atoms with Gasteiger partial charge in [-0.1, -0.05) is 11.6 Å². The molecule has 0 radical (unpaired) electrons. The quantitative estimate of drug-likeness (QED) is 0.718. The zero-order valence-corrected chi connectivity index (χ0v) is 10.8. The van der Waals surface area contributed by atoms with Crippen LogP contribution in [0.4, 0.5) is 0 Å². The van der Waals surface area contributed by atoms with Crippen molar-refractivity contribution in [2.75, 3.05) is 0 Å². The highest BCUT2D eigenvalue weighted by Gasteiger charge is 2.16. The Balaban J connectivity index is 3.19. The summed E-state index contributed by atoms with van der Waals surface area (Å²) < 4.78 is 0. The van der Waals surface area contributed by atoms with Crippen LogP contribution in [0.1, 0.15) is 19.3 Å². The van der Waals surface area contributed by atoms with E-state index < -0.39 is 5.92 Å². The van der Waals surface area contributed by atoms with Crippen molar-refractivity contribution in [2.24, 2.45) is 5.92 Å². The second-order valence-electron chi connectivity index (χ2n) is 3.90. The highest BCUT2D eigenvalue weighted by atomic mass is 35.5. The molecule has 0 aromatic rings. The number of nitrogens with zero attached hydrogens (tertiary/aromatic N) is 4.